The molecule has 136 valence electrons. The number of rotatable bonds is 3. The van der Waals surface area contributed by atoms with Crippen LogP contribution < -0.4 is 5.32 Å². The van der Waals surface area contributed by atoms with Crippen molar-refractivity contribution < 1.29 is 4.79 Å². The molecule has 6 nitrogen and oxygen atoms in total. The van der Waals surface area contributed by atoms with Crippen LogP contribution in [-0.2, 0) is 6.54 Å². The number of nitrogens with zero attached hydrogens (tertiary/aromatic N) is 4. The standard InChI is InChI=1S/C19H29N5O/c1-15-3-2-6-20-17(15)13-21-19(25)24-11-9-23(10-12-24)18-14-22-7-4-16(18)5-8-22/h2-3,6,16,18H,4-5,7-14H2,1H3,(H,21,25). The molecule has 0 saturated carbocycles. The maximum atomic E-state index is 12.5. The minimum absolute atomic E-state index is 0.0404. The molecule has 0 spiro atoms. The second-order valence-corrected chi connectivity index (χ2v) is 7.65. The lowest BCUT2D eigenvalue weighted by Gasteiger charge is -2.50. The van der Waals surface area contributed by atoms with Crippen LogP contribution in [0.15, 0.2) is 18.3 Å². The first-order chi connectivity index (χ1) is 12.2. The Bertz CT molecular complexity index is 606. The number of amides is 2. The molecular formula is C19H29N5O. The van der Waals surface area contributed by atoms with Gasteiger partial charge in [0.2, 0.25) is 0 Å². The number of aromatic nitrogens is 1. The predicted octanol–water partition coefficient (Wildman–Crippen LogP) is 1.31. The molecular weight excluding hydrogens is 314 g/mol. The lowest BCUT2D eigenvalue weighted by atomic mass is 9.83. The normalized spacial score (nSPS) is 29.6. The van der Waals surface area contributed by atoms with Crippen molar-refractivity contribution in [2.24, 2.45) is 5.92 Å². The van der Waals surface area contributed by atoms with Crippen molar-refractivity contribution in [2.45, 2.75) is 32.4 Å². The Morgan fingerprint density at radius 3 is 2.60 bits per heavy atom. The van der Waals surface area contributed by atoms with Crippen LogP contribution in [-0.4, -0.2) is 77.6 Å². The maximum Gasteiger partial charge on any atom is 0.317 e. The highest BCUT2D eigenvalue weighted by Crippen LogP contribution is 2.31. The summed E-state index contributed by atoms with van der Waals surface area (Å²) in [6, 6.07) is 4.71. The van der Waals surface area contributed by atoms with E-state index >= 15 is 0 Å². The summed E-state index contributed by atoms with van der Waals surface area (Å²) in [4.78, 5) is 24.0. The summed E-state index contributed by atoms with van der Waals surface area (Å²) >= 11 is 0. The quantitative estimate of drug-likeness (QED) is 0.899. The molecule has 2 amide bonds. The summed E-state index contributed by atoms with van der Waals surface area (Å²) in [5.74, 6) is 0.873. The molecule has 4 fully saturated rings. The zero-order chi connectivity index (χ0) is 17.2. The molecule has 1 unspecified atom stereocenters. The summed E-state index contributed by atoms with van der Waals surface area (Å²) in [6.07, 6.45) is 4.49. The van der Waals surface area contributed by atoms with Crippen LogP contribution in [0.3, 0.4) is 0 Å². The molecule has 4 aliphatic heterocycles. The van der Waals surface area contributed by atoms with E-state index in [0.29, 0.717) is 12.6 Å². The Kier molecular flexibility index (Phi) is 4.90. The van der Waals surface area contributed by atoms with E-state index in [1.807, 2.05) is 24.0 Å². The number of urea groups is 1. The third-order valence-corrected chi connectivity index (χ3v) is 6.22. The van der Waals surface area contributed by atoms with Crippen molar-refractivity contribution in [1.82, 2.24) is 25.0 Å². The van der Waals surface area contributed by atoms with Crippen LogP contribution in [0, 0.1) is 12.8 Å². The van der Waals surface area contributed by atoms with Crippen molar-refractivity contribution in [2.75, 3.05) is 45.8 Å². The first-order valence-corrected chi connectivity index (χ1v) is 9.60. The van der Waals surface area contributed by atoms with Gasteiger partial charge in [0.15, 0.2) is 0 Å². The van der Waals surface area contributed by atoms with Gasteiger partial charge in [-0.1, -0.05) is 6.07 Å². The van der Waals surface area contributed by atoms with Gasteiger partial charge in [-0.25, -0.2) is 4.79 Å². The lowest BCUT2D eigenvalue weighted by Crippen LogP contribution is -2.62. The molecule has 0 aromatic carbocycles. The summed E-state index contributed by atoms with van der Waals surface area (Å²) in [7, 11) is 0. The van der Waals surface area contributed by atoms with E-state index in [9.17, 15) is 4.79 Å². The zero-order valence-corrected chi connectivity index (χ0v) is 15.2. The Balaban J connectivity index is 1.26. The fourth-order valence-corrected chi connectivity index (χ4v) is 4.58. The van der Waals surface area contributed by atoms with Gasteiger partial charge >= 0.3 is 6.03 Å². The van der Waals surface area contributed by atoms with E-state index in [2.05, 4.69) is 20.1 Å². The van der Waals surface area contributed by atoms with Crippen molar-refractivity contribution in [3.05, 3.63) is 29.6 Å². The number of fused-ring (bicyclic) bond motifs is 3. The molecule has 6 heteroatoms. The first kappa shape index (κ1) is 16.8. The highest BCUT2D eigenvalue weighted by atomic mass is 16.2. The van der Waals surface area contributed by atoms with E-state index in [1.54, 1.807) is 6.20 Å². The van der Waals surface area contributed by atoms with Gasteiger partial charge in [-0.3, -0.25) is 9.88 Å². The Labute approximate surface area is 150 Å². The Hall–Kier alpha value is -1.66. The molecule has 1 aromatic heterocycles. The number of carbonyl (C=O) groups excluding carboxylic acids is 1. The fraction of sp³-hybridized carbons (Fsp3) is 0.684. The molecule has 4 aliphatic rings. The molecule has 1 N–H and O–H groups in total. The van der Waals surface area contributed by atoms with Gasteiger partial charge in [0.1, 0.15) is 0 Å². The van der Waals surface area contributed by atoms with E-state index in [4.69, 9.17) is 0 Å². The van der Waals surface area contributed by atoms with E-state index < -0.39 is 0 Å². The summed E-state index contributed by atoms with van der Waals surface area (Å²) < 4.78 is 0. The van der Waals surface area contributed by atoms with Gasteiger partial charge in [0.05, 0.1) is 12.2 Å². The van der Waals surface area contributed by atoms with E-state index in [1.165, 1.54) is 32.5 Å². The van der Waals surface area contributed by atoms with Crippen LogP contribution >= 0.6 is 0 Å². The molecule has 25 heavy (non-hydrogen) atoms. The number of pyridine rings is 1. The summed E-state index contributed by atoms with van der Waals surface area (Å²) in [5.41, 5.74) is 2.07. The molecule has 5 heterocycles. The van der Waals surface area contributed by atoms with Gasteiger partial charge < -0.3 is 15.1 Å². The fourth-order valence-electron chi connectivity index (χ4n) is 4.58. The van der Waals surface area contributed by atoms with Crippen LogP contribution in [0.1, 0.15) is 24.1 Å². The smallest absolute Gasteiger partial charge is 0.317 e. The topological polar surface area (TPSA) is 51.7 Å². The minimum Gasteiger partial charge on any atom is -0.332 e. The van der Waals surface area contributed by atoms with Crippen LogP contribution in [0.4, 0.5) is 4.79 Å². The van der Waals surface area contributed by atoms with Gasteiger partial charge in [-0.15, -0.1) is 0 Å². The number of aryl methyl sites for hydroxylation is 1. The molecule has 1 atom stereocenters. The average molecular weight is 343 g/mol. The molecule has 1 aromatic rings. The maximum absolute atomic E-state index is 12.5. The molecule has 2 bridgehead atoms. The number of carbonyl (C=O) groups is 1. The monoisotopic (exact) mass is 343 g/mol. The number of piperidine rings is 3. The van der Waals surface area contributed by atoms with E-state index in [-0.39, 0.29) is 6.03 Å². The second-order valence-electron chi connectivity index (χ2n) is 7.65. The molecule has 0 radical (unpaired) electrons. The first-order valence-electron chi connectivity index (χ1n) is 9.60. The van der Waals surface area contributed by atoms with Crippen LogP contribution in [0.5, 0.6) is 0 Å². The number of piperazine rings is 1. The summed E-state index contributed by atoms with van der Waals surface area (Å²) in [5, 5.41) is 3.03. The van der Waals surface area contributed by atoms with Gasteiger partial charge in [-0.2, -0.15) is 0 Å². The molecule has 0 aliphatic carbocycles. The van der Waals surface area contributed by atoms with Crippen LogP contribution in [0.2, 0.25) is 0 Å². The number of hydrogen-bond acceptors (Lipinski definition) is 4. The molecule has 5 rings (SSSR count). The highest BCUT2D eigenvalue weighted by molar-refractivity contribution is 5.74. The minimum atomic E-state index is 0.0404. The van der Waals surface area contributed by atoms with Gasteiger partial charge in [0, 0.05) is 45.0 Å². The van der Waals surface area contributed by atoms with Gasteiger partial charge in [0.25, 0.3) is 0 Å². The van der Waals surface area contributed by atoms with Crippen molar-refractivity contribution in [3.8, 4) is 0 Å². The van der Waals surface area contributed by atoms with E-state index in [0.717, 1.165) is 43.4 Å². The third kappa shape index (κ3) is 3.65. The lowest BCUT2D eigenvalue weighted by molar-refractivity contribution is -0.0103. The largest absolute Gasteiger partial charge is 0.332 e. The summed E-state index contributed by atoms with van der Waals surface area (Å²) in [6.45, 7) is 10.0. The van der Waals surface area contributed by atoms with Crippen molar-refractivity contribution in [1.29, 1.82) is 0 Å². The second kappa shape index (κ2) is 7.30. The Morgan fingerprint density at radius 2 is 1.96 bits per heavy atom. The van der Waals surface area contributed by atoms with Crippen molar-refractivity contribution >= 4 is 6.03 Å². The van der Waals surface area contributed by atoms with Crippen molar-refractivity contribution in [3.63, 3.8) is 0 Å². The number of hydrogen-bond donors (Lipinski definition) is 1. The average Bonchev–Trinajstić information content (AvgIpc) is 2.68. The Morgan fingerprint density at radius 1 is 1.20 bits per heavy atom. The van der Waals surface area contributed by atoms with Crippen LogP contribution in [0.25, 0.3) is 0 Å². The molecule has 4 saturated heterocycles. The van der Waals surface area contributed by atoms with Gasteiger partial charge in [-0.05, 0) is 50.4 Å². The number of nitrogens with one attached hydrogen (secondary N) is 1. The highest BCUT2D eigenvalue weighted by Gasteiger charge is 2.38. The zero-order valence-electron chi connectivity index (χ0n) is 15.2. The SMILES string of the molecule is Cc1cccnc1CNC(=O)N1CCN(C2CN3CCC2CC3)CC1. The predicted molar refractivity (Wildman–Crippen MR) is 97.3 cm³/mol. The third-order valence-electron chi connectivity index (χ3n) is 6.22.